The van der Waals surface area contributed by atoms with Crippen molar-refractivity contribution < 1.29 is 56.8 Å². The van der Waals surface area contributed by atoms with Gasteiger partial charge in [-0.3, -0.25) is 0 Å². The van der Waals surface area contributed by atoms with Crippen LogP contribution in [0.2, 0.25) is 0 Å². The first-order valence-corrected chi connectivity index (χ1v) is 16.5. The molecule has 48 heavy (non-hydrogen) atoms. The molecule has 6 rings (SSSR count). The summed E-state index contributed by atoms with van der Waals surface area (Å²) in [4.78, 5) is 12.0. The van der Waals surface area contributed by atoms with Crippen LogP contribution in [0.1, 0.15) is 43.7 Å². The van der Waals surface area contributed by atoms with E-state index in [0.717, 1.165) is 28.1 Å². The van der Waals surface area contributed by atoms with E-state index >= 15 is 0 Å². The van der Waals surface area contributed by atoms with E-state index in [4.69, 9.17) is 4.42 Å². The predicted octanol–water partition coefficient (Wildman–Crippen LogP) is 5.14. The van der Waals surface area contributed by atoms with Gasteiger partial charge in [-0.25, -0.2) is 12.8 Å². The van der Waals surface area contributed by atoms with Gasteiger partial charge in [0, 0.05) is 33.9 Å². The van der Waals surface area contributed by atoms with Crippen LogP contribution in [0, 0.1) is 41.5 Å². The first-order valence-electron chi connectivity index (χ1n) is 15.1. The van der Waals surface area contributed by atoms with Crippen LogP contribution < -0.4 is 45.3 Å². The Morgan fingerprint density at radius 2 is 1.21 bits per heavy atom. The van der Waals surface area contributed by atoms with Crippen LogP contribution in [0.15, 0.2) is 88.2 Å². The molecule has 0 saturated carbocycles. The SMILES string of the molecule is Cc1cc(C)c(Nc2ccc3c(-c4ccccc4C(=O)[O-])c4ccc(Nc5c(C)cc(C)c(S(=O)(=O)[O-])c5C)cc4[o+]c3c2)c(C)c1.[Na+]. The molecule has 1 aromatic heterocycles. The Morgan fingerprint density at radius 1 is 0.688 bits per heavy atom. The number of anilines is 4. The van der Waals surface area contributed by atoms with Gasteiger partial charge in [0.1, 0.15) is 10.1 Å². The minimum atomic E-state index is -4.70. The molecule has 0 unspecified atom stereocenters. The smallest absolute Gasteiger partial charge is 0.744 e. The number of carbonyl (C=O) groups excluding carboxylic acids is 1. The van der Waals surface area contributed by atoms with Crippen molar-refractivity contribution in [1.82, 2.24) is 0 Å². The number of rotatable bonds is 7. The second-order valence-electron chi connectivity index (χ2n) is 12.0. The van der Waals surface area contributed by atoms with Crippen molar-refractivity contribution in [2.45, 2.75) is 46.4 Å². The van der Waals surface area contributed by atoms with E-state index in [1.807, 2.05) is 31.2 Å². The topological polar surface area (TPSA) is 133 Å². The first kappa shape index (κ1) is 35.1. The number of carboxylic acids is 1. The van der Waals surface area contributed by atoms with Crippen molar-refractivity contribution in [3.63, 3.8) is 0 Å². The van der Waals surface area contributed by atoms with Crippen LogP contribution in [-0.4, -0.2) is 18.9 Å². The van der Waals surface area contributed by atoms with E-state index in [1.54, 1.807) is 50.2 Å². The maximum absolute atomic E-state index is 12.2. The van der Waals surface area contributed by atoms with Gasteiger partial charge < -0.3 is 25.1 Å². The van der Waals surface area contributed by atoms with Crippen LogP contribution in [0.5, 0.6) is 0 Å². The van der Waals surface area contributed by atoms with Gasteiger partial charge in [0.25, 0.3) is 0 Å². The fourth-order valence-corrected chi connectivity index (χ4v) is 7.56. The van der Waals surface area contributed by atoms with Gasteiger partial charge in [0.05, 0.1) is 33.8 Å². The second kappa shape index (κ2) is 13.3. The monoisotopic (exact) mass is 668 g/mol. The van der Waals surface area contributed by atoms with Crippen LogP contribution in [0.4, 0.5) is 22.7 Å². The molecule has 0 spiro atoms. The third-order valence-electron chi connectivity index (χ3n) is 8.50. The molecule has 0 aliphatic carbocycles. The Balaban J connectivity index is 0.00000451. The molecule has 0 aliphatic heterocycles. The van der Waals surface area contributed by atoms with Crippen LogP contribution in [-0.2, 0) is 10.1 Å². The molecule has 0 aliphatic rings. The standard InChI is InChI=1S/C38H34N2O6S.Na/c1-20-15-21(2)35(22(3)16-20)39-26-11-13-30-32(18-26)46-33-19-27(40-36-23(4)17-24(5)37(25(36)6)47(43,44)45)12-14-31(33)34(30)28-9-7-8-10-29(28)38(41)42;/h7-19,39-40H,1-6H3,(H-,41,42,43,44,45);/q;+1/p-1. The molecule has 6 aromatic rings. The Bertz CT molecular complexity index is 2370. The quantitative estimate of drug-likeness (QED) is 0.103. The zero-order chi connectivity index (χ0) is 33.8. The molecule has 2 N–H and O–H groups in total. The molecule has 10 heteroatoms. The van der Waals surface area contributed by atoms with E-state index in [0.29, 0.717) is 55.6 Å². The molecule has 5 aromatic carbocycles. The van der Waals surface area contributed by atoms with Crippen molar-refractivity contribution in [2.24, 2.45) is 0 Å². The Morgan fingerprint density at radius 3 is 1.75 bits per heavy atom. The molecule has 0 bridgehead atoms. The van der Waals surface area contributed by atoms with Crippen molar-refractivity contribution in [1.29, 1.82) is 0 Å². The maximum Gasteiger partial charge on any atom is 1.00 e. The van der Waals surface area contributed by atoms with E-state index in [1.165, 1.54) is 11.6 Å². The Kier molecular flexibility index (Phi) is 9.74. The van der Waals surface area contributed by atoms with Crippen molar-refractivity contribution in [3.05, 3.63) is 118 Å². The van der Waals surface area contributed by atoms with Gasteiger partial charge in [-0.05, 0) is 99.2 Å². The van der Waals surface area contributed by atoms with E-state index < -0.39 is 16.1 Å². The van der Waals surface area contributed by atoms with Crippen LogP contribution in [0.3, 0.4) is 0 Å². The Hall–Kier alpha value is -4.25. The van der Waals surface area contributed by atoms with Crippen LogP contribution in [0.25, 0.3) is 33.1 Å². The molecule has 0 fully saturated rings. The number of benzene rings is 5. The number of hydrogen-bond acceptors (Lipinski definition) is 7. The fourth-order valence-electron chi connectivity index (χ4n) is 6.63. The fraction of sp³-hybridized carbons (Fsp3) is 0.158. The largest absolute Gasteiger partial charge is 1.00 e. The molecule has 1 heterocycles. The molecule has 8 nitrogen and oxygen atoms in total. The minimum Gasteiger partial charge on any atom is -0.744 e. The third-order valence-corrected chi connectivity index (χ3v) is 9.63. The Labute approximate surface area is 301 Å². The van der Waals surface area contributed by atoms with E-state index in [2.05, 4.69) is 43.5 Å². The van der Waals surface area contributed by atoms with Gasteiger partial charge in [-0.2, -0.15) is 0 Å². The number of fused-ring (bicyclic) bond motifs is 2. The summed E-state index contributed by atoms with van der Waals surface area (Å²) >= 11 is 0. The third kappa shape index (κ3) is 6.57. The maximum atomic E-state index is 12.2. The molecule has 0 atom stereocenters. The number of aromatic carboxylic acids is 1. The molecular weight excluding hydrogens is 635 g/mol. The van der Waals surface area contributed by atoms with Gasteiger partial charge in [0.2, 0.25) is 0 Å². The summed E-state index contributed by atoms with van der Waals surface area (Å²) in [6.45, 7) is 11.2. The summed E-state index contributed by atoms with van der Waals surface area (Å²) in [5.74, 6) is -1.29. The average Bonchev–Trinajstić information content (AvgIpc) is 2.98. The van der Waals surface area contributed by atoms with Gasteiger partial charge in [0.15, 0.2) is 0 Å². The zero-order valence-corrected chi connectivity index (χ0v) is 30.7. The minimum absolute atomic E-state index is 0. The van der Waals surface area contributed by atoms with E-state index in [9.17, 15) is 22.9 Å². The predicted molar refractivity (Wildman–Crippen MR) is 184 cm³/mol. The number of carboxylic acid groups (broad SMARTS) is 1. The van der Waals surface area contributed by atoms with Gasteiger partial charge in [-0.15, -0.1) is 0 Å². The van der Waals surface area contributed by atoms with Crippen LogP contribution >= 0.6 is 0 Å². The normalized spacial score (nSPS) is 11.4. The van der Waals surface area contributed by atoms with Crippen molar-refractivity contribution in [2.75, 3.05) is 10.6 Å². The van der Waals surface area contributed by atoms with Crippen molar-refractivity contribution >= 4 is 60.8 Å². The van der Waals surface area contributed by atoms with E-state index in [-0.39, 0.29) is 40.0 Å². The summed E-state index contributed by atoms with van der Waals surface area (Å²) in [5.41, 5.74) is 9.93. The summed E-state index contributed by atoms with van der Waals surface area (Å²) in [6.07, 6.45) is 0. The molecule has 0 radical (unpaired) electrons. The molecular formula is C38H33N2NaO6S. The summed E-state index contributed by atoms with van der Waals surface area (Å²) in [6, 6.07) is 23.8. The molecule has 0 saturated heterocycles. The zero-order valence-electron chi connectivity index (χ0n) is 27.9. The average molecular weight is 669 g/mol. The number of carbonyl (C=O) groups is 1. The summed E-state index contributed by atoms with van der Waals surface area (Å²) < 4.78 is 42.8. The first-order chi connectivity index (χ1) is 22.2. The van der Waals surface area contributed by atoms with Crippen molar-refractivity contribution in [3.8, 4) is 11.1 Å². The van der Waals surface area contributed by atoms with Gasteiger partial charge in [-0.1, -0.05) is 48.0 Å². The molecule has 0 amide bonds. The van der Waals surface area contributed by atoms with Gasteiger partial charge >= 0.3 is 40.7 Å². The summed E-state index contributed by atoms with van der Waals surface area (Å²) in [5, 5.41) is 20.4. The number of nitrogens with one attached hydrogen (secondary N) is 2. The number of hydrogen-bond donors (Lipinski definition) is 2. The number of aryl methyl sites for hydroxylation is 5. The molecule has 238 valence electrons. The second-order valence-corrected chi connectivity index (χ2v) is 13.4. The summed E-state index contributed by atoms with van der Waals surface area (Å²) in [7, 11) is -4.70.